The third-order valence-corrected chi connectivity index (χ3v) is 4.32. The van der Waals surface area contributed by atoms with E-state index in [1.807, 2.05) is 52.0 Å². The Morgan fingerprint density at radius 3 is 2.71 bits per heavy atom. The summed E-state index contributed by atoms with van der Waals surface area (Å²) in [5.41, 5.74) is 1.21. The van der Waals surface area contributed by atoms with Gasteiger partial charge >= 0.3 is 6.09 Å². The molecule has 1 aliphatic heterocycles. The van der Waals surface area contributed by atoms with Crippen LogP contribution in [0.15, 0.2) is 24.3 Å². The highest BCUT2D eigenvalue weighted by molar-refractivity contribution is 5.68. The number of hydrogen-bond acceptors (Lipinski definition) is 3. The zero-order valence-electron chi connectivity index (χ0n) is 15.0. The summed E-state index contributed by atoms with van der Waals surface area (Å²) in [4.78, 5) is 14.0. The van der Waals surface area contributed by atoms with Crippen molar-refractivity contribution < 1.29 is 19.0 Å². The molecule has 2 rings (SSSR count). The van der Waals surface area contributed by atoms with E-state index in [1.165, 1.54) is 0 Å². The van der Waals surface area contributed by atoms with Crippen LogP contribution in [-0.4, -0.2) is 40.5 Å². The van der Waals surface area contributed by atoms with Crippen LogP contribution in [-0.2, 0) is 4.74 Å². The molecule has 1 heterocycles. The number of nitrogens with zero attached hydrogens (tertiary/aromatic N) is 1. The molecule has 1 N–H and O–H groups in total. The van der Waals surface area contributed by atoms with Gasteiger partial charge in [0.15, 0.2) is 0 Å². The Morgan fingerprint density at radius 2 is 2.08 bits per heavy atom. The van der Waals surface area contributed by atoms with E-state index in [-0.39, 0.29) is 12.5 Å². The van der Waals surface area contributed by atoms with Crippen molar-refractivity contribution in [1.29, 1.82) is 0 Å². The number of ether oxygens (including phenoxy) is 1. The third-order valence-electron chi connectivity index (χ3n) is 4.32. The van der Waals surface area contributed by atoms with Crippen LogP contribution < -0.4 is 0 Å². The highest BCUT2D eigenvalue weighted by Gasteiger charge is 2.35. The maximum absolute atomic E-state index is 13.9. The molecular weight excluding hydrogens is 309 g/mol. The lowest BCUT2D eigenvalue weighted by molar-refractivity contribution is -0.00669. The first-order chi connectivity index (χ1) is 11.2. The van der Waals surface area contributed by atoms with Gasteiger partial charge in [0.1, 0.15) is 11.8 Å². The maximum atomic E-state index is 13.9. The predicted octanol–water partition coefficient (Wildman–Crippen LogP) is 4.16. The first-order valence-corrected chi connectivity index (χ1v) is 8.54. The lowest BCUT2D eigenvalue weighted by Crippen LogP contribution is -2.49. The Hall–Kier alpha value is -1.62. The van der Waals surface area contributed by atoms with Gasteiger partial charge in [-0.1, -0.05) is 24.3 Å². The molecule has 1 aliphatic rings. The zero-order valence-corrected chi connectivity index (χ0v) is 15.0. The number of rotatable bonds is 3. The van der Waals surface area contributed by atoms with Crippen molar-refractivity contribution in [3.8, 4) is 0 Å². The van der Waals surface area contributed by atoms with E-state index in [4.69, 9.17) is 4.74 Å². The van der Waals surface area contributed by atoms with Gasteiger partial charge in [-0.05, 0) is 58.1 Å². The molecule has 1 aromatic rings. The Kier molecular flexibility index (Phi) is 5.86. The van der Waals surface area contributed by atoms with Crippen molar-refractivity contribution in [3.63, 3.8) is 0 Å². The molecule has 3 atom stereocenters. The van der Waals surface area contributed by atoms with E-state index < -0.39 is 24.0 Å². The minimum absolute atomic E-state index is 0.238. The van der Waals surface area contributed by atoms with Crippen LogP contribution in [0.4, 0.5) is 9.18 Å². The second-order valence-electron chi connectivity index (χ2n) is 7.56. The van der Waals surface area contributed by atoms with E-state index in [2.05, 4.69) is 0 Å². The minimum atomic E-state index is -0.947. The number of hydrogen-bond donors (Lipinski definition) is 1. The summed E-state index contributed by atoms with van der Waals surface area (Å²) in [6.07, 6.45) is -1.25. The fraction of sp³-hybridized carbons (Fsp3) is 0.632. The van der Waals surface area contributed by atoms with E-state index in [0.29, 0.717) is 19.4 Å². The largest absolute Gasteiger partial charge is 0.444 e. The van der Waals surface area contributed by atoms with Crippen LogP contribution >= 0.6 is 0 Å². The number of aryl methyl sites for hydroxylation is 1. The van der Waals surface area contributed by atoms with Crippen molar-refractivity contribution in [3.05, 3.63) is 35.4 Å². The van der Waals surface area contributed by atoms with Crippen LogP contribution in [0.5, 0.6) is 0 Å². The van der Waals surface area contributed by atoms with E-state index >= 15 is 0 Å². The molecule has 1 aromatic carbocycles. The van der Waals surface area contributed by atoms with Gasteiger partial charge in [-0.3, -0.25) is 0 Å². The number of halogens is 1. The first-order valence-electron chi connectivity index (χ1n) is 8.54. The van der Waals surface area contributed by atoms with Crippen molar-refractivity contribution in [2.45, 2.75) is 70.9 Å². The Balaban J connectivity index is 2.11. The molecule has 0 saturated carbocycles. The number of aliphatic hydroxyl groups excluding tert-OH is 1. The highest BCUT2D eigenvalue weighted by atomic mass is 19.1. The number of carbonyl (C=O) groups excluding carboxylic acids is 1. The molecule has 0 aromatic heterocycles. The van der Waals surface area contributed by atoms with E-state index in [9.17, 15) is 14.3 Å². The van der Waals surface area contributed by atoms with Gasteiger partial charge in [0.05, 0.1) is 6.10 Å². The molecule has 24 heavy (non-hydrogen) atoms. The van der Waals surface area contributed by atoms with Gasteiger partial charge in [0.25, 0.3) is 0 Å². The maximum Gasteiger partial charge on any atom is 0.410 e. The normalized spacial score (nSPS) is 23.0. The Bertz CT molecular complexity index is 570. The van der Waals surface area contributed by atoms with Crippen molar-refractivity contribution >= 4 is 6.09 Å². The molecule has 0 bridgehead atoms. The first kappa shape index (κ1) is 18.7. The molecule has 5 heteroatoms. The van der Waals surface area contributed by atoms with Gasteiger partial charge in [-0.2, -0.15) is 0 Å². The van der Waals surface area contributed by atoms with Crippen LogP contribution in [0.3, 0.4) is 0 Å². The van der Waals surface area contributed by atoms with Crippen LogP contribution in [0.2, 0.25) is 0 Å². The van der Waals surface area contributed by atoms with Crippen molar-refractivity contribution in [2.24, 2.45) is 0 Å². The number of amides is 1. The molecular formula is C19H28FNO3. The third kappa shape index (κ3) is 4.94. The monoisotopic (exact) mass is 337 g/mol. The number of piperidine rings is 1. The van der Waals surface area contributed by atoms with Gasteiger partial charge in [-0.15, -0.1) is 0 Å². The summed E-state index contributed by atoms with van der Waals surface area (Å²) in [6.45, 7) is 7.68. The van der Waals surface area contributed by atoms with Crippen LogP contribution in [0.1, 0.15) is 57.3 Å². The summed E-state index contributed by atoms with van der Waals surface area (Å²) in [5, 5.41) is 10.6. The predicted molar refractivity (Wildman–Crippen MR) is 91.6 cm³/mol. The lowest BCUT2D eigenvalue weighted by Gasteiger charge is -2.39. The summed E-state index contributed by atoms with van der Waals surface area (Å²) in [7, 11) is 0. The summed E-state index contributed by atoms with van der Waals surface area (Å²) >= 11 is 0. The molecule has 0 unspecified atom stereocenters. The highest BCUT2D eigenvalue weighted by Crippen LogP contribution is 2.30. The number of likely N-dealkylation sites (tertiary alicyclic amines) is 1. The molecule has 134 valence electrons. The quantitative estimate of drug-likeness (QED) is 0.901. The van der Waals surface area contributed by atoms with Gasteiger partial charge in [0, 0.05) is 12.6 Å². The molecule has 1 amide bonds. The average Bonchev–Trinajstić information content (AvgIpc) is 2.45. The Labute approximate surface area is 143 Å². The second kappa shape index (κ2) is 7.51. The van der Waals surface area contributed by atoms with Crippen LogP contribution in [0, 0.1) is 6.92 Å². The molecule has 1 fully saturated rings. The number of alkyl halides is 1. The van der Waals surface area contributed by atoms with Crippen molar-refractivity contribution in [2.75, 3.05) is 6.54 Å². The van der Waals surface area contributed by atoms with Gasteiger partial charge in [0.2, 0.25) is 0 Å². The minimum Gasteiger partial charge on any atom is -0.444 e. The lowest BCUT2D eigenvalue weighted by atomic mass is 9.92. The SMILES string of the molecule is Cc1ccccc1[C@H](O)C[C@H]1C[C@@H](F)CCN1C(=O)OC(C)(C)C. The summed E-state index contributed by atoms with van der Waals surface area (Å²) in [6, 6.07) is 7.22. The molecule has 0 radical (unpaired) electrons. The van der Waals surface area contributed by atoms with Gasteiger partial charge in [-0.25, -0.2) is 9.18 Å². The molecule has 1 saturated heterocycles. The van der Waals surface area contributed by atoms with Gasteiger partial charge < -0.3 is 14.7 Å². The van der Waals surface area contributed by atoms with E-state index in [1.54, 1.807) is 4.90 Å². The summed E-state index contributed by atoms with van der Waals surface area (Å²) in [5.74, 6) is 0. The molecule has 4 nitrogen and oxygen atoms in total. The summed E-state index contributed by atoms with van der Waals surface area (Å²) < 4.78 is 19.3. The fourth-order valence-corrected chi connectivity index (χ4v) is 3.13. The number of aliphatic hydroxyl groups is 1. The topological polar surface area (TPSA) is 49.8 Å². The molecule has 0 aliphatic carbocycles. The van der Waals surface area contributed by atoms with Crippen molar-refractivity contribution in [1.82, 2.24) is 4.90 Å². The van der Waals surface area contributed by atoms with E-state index in [0.717, 1.165) is 11.1 Å². The number of carbonyl (C=O) groups is 1. The average molecular weight is 337 g/mol. The zero-order chi connectivity index (χ0) is 17.9. The molecule has 0 spiro atoms. The standard InChI is InChI=1S/C19H28FNO3/c1-13-7-5-6-8-16(13)17(22)12-15-11-14(20)9-10-21(15)18(23)24-19(2,3)4/h5-8,14-15,17,22H,9-12H2,1-4H3/t14-,15+,17+/m0/s1. The fourth-order valence-electron chi connectivity index (χ4n) is 3.13. The smallest absolute Gasteiger partial charge is 0.410 e. The second-order valence-corrected chi connectivity index (χ2v) is 7.56. The Morgan fingerprint density at radius 1 is 1.42 bits per heavy atom. The number of benzene rings is 1. The van der Waals surface area contributed by atoms with Crippen LogP contribution in [0.25, 0.3) is 0 Å².